The van der Waals surface area contributed by atoms with E-state index in [1.807, 2.05) is 13.8 Å². The molecule has 0 aliphatic rings. The van der Waals surface area contributed by atoms with E-state index in [2.05, 4.69) is 31.4 Å². The van der Waals surface area contributed by atoms with E-state index in [1.165, 1.54) is 18.2 Å². The molecule has 2 heterocycles. The first-order chi connectivity index (χ1) is 13.8. The number of rotatable bonds is 7. The Hall–Kier alpha value is -3.21. The van der Waals surface area contributed by atoms with Gasteiger partial charge >= 0.3 is 0 Å². The number of anilines is 1. The van der Waals surface area contributed by atoms with Crippen LogP contribution in [0.15, 0.2) is 34.9 Å². The number of ether oxygens (including phenoxy) is 1. The van der Waals surface area contributed by atoms with E-state index in [4.69, 9.17) is 4.74 Å². The second-order valence-corrected chi connectivity index (χ2v) is 6.98. The summed E-state index contributed by atoms with van der Waals surface area (Å²) in [5, 5.41) is 22.5. The van der Waals surface area contributed by atoms with Crippen molar-refractivity contribution < 1.29 is 14.5 Å². The van der Waals surface area contributed by atoms with Gasteiger partial charge in [-0.1, -0.05) is 0 Å². The summed E-state index contributed by atoms with van der Waals surface area (Å²) in [5.74, 6) is -0.192. The molecule has 3 rings (SSSR count). The van der Waals surface area contributed by atoms with Crippen LogP contribution in [0.4, 0.5) is 11.4 Å². The van der Waals surface area contributed by atoms with Gasteiger partial charge in [-0.2, -0.15) is 10.2 Å². The van der Waals surface area contributed by atoms with Crippen molar-refractivity contribution in [2.24, 2.45) is 0 Å². The number of amides is 1. The van der Waals surface area contributed by atoms with Gasteiger partial charge in [0.15, 0.2) is 5.69 Å². The van der Waals surface area contributed by atoms with Gasteiger partial charge in [0.05, 0.1) is 33.5 Å². The highest BCUT2D eigenvalue weighted by Gasteiger charge is 2.19. The van der Waals surface area contributed by atoms with Crippen molar-refractivity contribution in [2.75, 3.05) is 11.9 Å². The average molecular weight is 463 g/mol. The smallest absolute Gasteiger partial charge is 0.296 e. The van der Waals surface area contributed by atoms with Crippen molar-refractivity contribution in [3.63, 3.8) is 0 Å². The summed E-state index contributed by atoms with van der Waals surface area (Å²) in [5.41, 5.74) is 1.75. The number of carbonyl (C=O) groups excluding carboxylic acids is 1. The van der Waals surface area contributed by atoms with Crippen molar-refractivity contribution in [3.8, 4) is 5.75 Å². The molecule has 0 saturated carbocycles. The number of halogens is 1. The minimum atomic E-state index is -0.572. The molecule has 0 bridgehead atoms. The molecule has 11 heteroatoms. The molecule has 0 unspecified atom stereocenters. The van der Waals surface area contributed by atoms with Gasteiger partial charge in [-0.25, -0.2) is 4.68 Å². The van der Waals surface area contributed by atoms with Crippen LogP contribution in [0.5, 0.6) is 5.75 Å². The molecule has 29 heavy (non-hydrogen) atoms. The molecule has 0 spiro atoms. The van der Waals surface area contributed by atoms with Crippen molar-refractivity contribution in [2.45, 2.75) is 27.4 Å². The Morgan fingerprint density at radius 3 is 2.69 bits per heavy atom. The van der Waals surface area contributed by atoms with E-state index in [0.717, 1.165) is 15.9 Å². The van der Waals surface area contributed by atoms with Crippen LogP contribution in [0.1, 0.15) is 28.8 Å². The summed E-state index contributed by atoms with van der Waals surface area (Å²) in [6.45, 7) is 6.30. The highest BCUT2D eigenvalue weighted by Crippen LogP contribution is 2.29. The molecule has 0 aliphatic carbocycles. The molecule has 152 valence electrons. The van der Waals surface area contributed by atoms with E-state index in [0.29, 0.717) is 19.0 Å². The topological polar surface area (TPSA) is 117 Å². The fraction of sp³-hybridized carbons (Fsp3) is 0.278. The maximum atomic E-state index is 12.5. The zero-order chi connectivity index (χ0) is 21.1. The molecule has 0 radical (unpaired) electrons. The minimum Gasteiger partial charge on any atom is -0.494 e. The quantitative estimate of drug-likeness (QED) is 0.423. The Morgan fingerprint density at radius 2 is 2.07 bits per heavy atom. The fourth-order valence-electron chi connectivity index (χ4n) is 2.72. The summed E-state index contributed by atoms with van der Waals surface area (Å²) in [6, 6.07) is 5.81. The summed E-state index contributed by atoms with van der Waals surface area (Å²) in [7, 11) is 0. The lowest BCUT2D eigenvalue weighted by Gasteiger charge is -2.07. The number of aryl methyl sites for hydroxylation is 1. The van der Waals surface area contributed by atoms with Gasteiger partial charge in [0.25, 0.3) is 11.6 Å². The van der Waals surface area contributed by atoms with E-state index >= 15 is 0 Å². The predicted molar refractivity (Wildman–Crippen MR) is 109 cm³/mol. The molecular weight excluding hydrogens is 444 g/mol. The number of nitro benzene ring substituents is 1. The third kappa shape index (κ3) is 4.45. The number of aromatic nitrogens is 4. The summed E-state index contributed by atoms with van der Waals surface area (Å²) >= 11 is 3.47. The van der Waals surface area contributed by atoms with Crippen LogP contribution in [0.3, 0.4) is 0 Å². The number of hydrogen-bond donors (Lipinski definition) is 1. The normalized spacial score (nSPS) is 10.8. The number of nitrogens with zero attached hydrogens (tertiary/aromatic N) is 5. The molecule has 2 aromatic heterocycles. The minimum absolute atomic E-state index is 0.0699. The first-order valence-electron chi connectivity index (χ1n) is 8.75. The fourth-order valence-corrected chi connectivity index (χ4v) is 3.01. The monoisotopic (exact) mass is 462 g/mol. The van der Waals surface area contributed by atoms with Crippen molar-refractivity contribution >= 4 is 33.2 Å². The number of nitro groups is 1. The van der Waals surface area contributed by atoms with Crippen LogP contribution in [0.2, 0.25) is 0 Å². The zero-order valence-corrected chi connectivity index (χ0v) is 17.6. The third-order valence-electron chi connectivity index (χ3n) is 4.17. The summed E-state index contributed by atoms with van der Waals surface area (Å²) < 4.78 is 9.52. The van der Waals surface area contributed by atoms with E-state index in [1.54, 1.807) is 28.6 Å². The average Bonchev–Trinajstić information content (AvgIpc) is 3.24. The molecule has 0 atom stereocenters. The summed E-state index contributed by atoms with van der Waals surface area (Å²) in [6.07, 6.45) is 1.64. The highest BCUT2D eigenvalue weighted by atomic mass is 79.9. The van der Waals surface area contributed by atoms with Crippen LogP contribution >= 0.6 is 15.9 Å². The third-order valence-corrected chi connectivity index (χ3v) is 5.32. The maximum Gasteiger partial charge on any atom is 0.296 e. The van der Waals surface area contributed by atoms with Crippen molar-refractivity contribution in [3.05, 3.63) is 62.1 Å². The first-order valence-corrected chi connectivity index (χ1v) is 9.55. The lowest BCUT2D eigenvalue weighted by Crippen LogP contribution is -2.16. The lowest BCUT2D eigenvalue weighted by molar-refractivity contribution is -0.384. The Labute approximate surface area is 174 Å². The van der Waals surface area contributed by atoms with Gasteiger partial charge in [0, 0.05) is 6.20 Å². The van der Waals surface area contributed by atoms with Gasteiger partial charge in [-0.05, 0) is 54.9 Å². The zero-order valence-electron chi connectivity index (χ0n) is 16.0. The number of nitrogens with one attached hydrogen (secondary N) is 1. The largest absolute Gasteiger partial charge is 0.494 e. The van der Waals surface area contributed by atoms with Gasteiger partial charge in [-0.15, -0.1) is 0 Å². The van der Waals surface area contributed by atoms with Gasteiger partial charge < -0.3 is 10.1 Å². The Bertz CT molecular complexity index is 1070. The second kappa shape index (κ2) is 8.43. The lowest BCUT2D eigenvalue weighted by atomic mass is 10.2. The molecule has 1 N–H and O–H groups in total. The Kier molecular flexibility index (Phi) is 5.97. The predicted octanol–water partition coefficient (Wildman–Crippen LogP) is 3.52. The van der Waals surface area contributed by atoms with Crippen LogP contribution in [0, 0.1) is 24.0 Å². The second-order valence-electron chi connectivity index (χ2n) is 6.19. The highest BCUT2D eigenvalue weighted by molar-refractivity contribution is 9.10. The molecule has 0 saturated heterocycles. The van der Waals surface area contributed by atoms with Crippen molar-refractivity contribution in [1.82, 2.24) is 19.6 Å². The molecule has 0 aliphatic heterocycles. The maximum absolute atomic E-state index is 12.5. The molecule has 1 amide bonds. The van der Waals surface area contributed by atoms with Gasteiger partial charge in [0.2, 0.25) is 0 Å². The van der Waals surface area contributed by atoms with E-state index in [9.17, 15) is 14.9 Å². The van der Waals surface area contributed by atoms with Crippen LogP contribution < -0.4 is 10.1 Å². The molecule has 1 aromatic carbocycles. The SMILES string of the molecule is CCOc1ccc(NC(=O)c2ccn(Cn3nc(C)c(Br)c3C)n2)c([N+](=O)[O-])c1. The van der Waals surface area contributed by atoms with Crippen LogP contribution in [-0.4, -0.2) is 37.0 Å². The molecular formula is C18H19BrN6O4. The molecule has 0 fully saturated rings. The van der Waals surface area contributed by atoms with Crippen LogP contribution in [0.25, 0.3) is 0 Å². The van der Waals surface area contributed by atoms with E-state index < -0.39 is 10.8 Å². The van der Waals surface area contributed by atoms with E-state index in [-0.39, 0.29) is 17.1 Å². The molecule has 10 nitrogen and oxygen atoms in total. The number of benzene rings is 1. The Morgan fingerprint density at radius 1 is 1.31 bits per heavy atom. The standard InChI is InChI=1S/C18H19BrN6O4/c1-4-29-13-5-6-14(16(9-13)25(27)28)20-18(26)15-7-8-23(22-15)10-24-12(3)17(19)11(2)21-24/h5-9H,4,10H2,1-3H3,(H,20,26). The number of hydrogen-bond acceptors (Lipinski definition) is 6. The number of carbonyl (C=O) groups is 1. The van der Waals surface area contributed by atoms with Crippen molar-refractivity contribution in [1.29, 1.82) is 0 Å². The van der Waals surface area contributed by atoms with Gasteiger partial charge in [-0.3, -0.25) is 19.6 Å². The molecule has 3 aromatic rings. The first kappa shape index (κ1) is 20.5. The van der Waals surface area contributed by atoms with Gasteiger partial charge in [0.1, 0.15) is 18.1 Å². The Balaban J connectivity index is 1.77. The van der Waals surface area contributed by atoms with Crippen LogP contribution in [-0.2, 0) is 6.67 Å². The summed E-state index contributed by atoms with van der Waals surface area (Å²) in [4.78, 5) is 23.3.